The molecule has 0 saturated heterocycles. The van der Waals surface area contributed by atoms with E-state index in [1.54, 1.807) is 0 Å². The maximum atomic E-state index is 7.22. The van der Waals surface area contributed by atoms with Crippen molar-refractivity contribution in [3.63, 3.8) is 0 Å². The van der Waals surface area contributed by atoms with Gasteiger partial charge in [-0.15, -0.1) is 0 Å². The second-order valence-corrected chi connectivity index (χ2v) is 1.97. The first-order chi connectivity index (χ1) is 4.63. The molecule has 8 N–H and O–H groups in total. The van der Waals surface area contributed by atoms with E-state index in [-0.39, 0.29) is 11.5 Å². The lowest BCUT2D eigenvalue weighted by molar-refractivity contribution is 0.288. The van der Waals surface area contributed by atoms with Gasteiger partial charge in [-0.3, -0.25) is 16.2 Å². The summed E-state index contributed by atoms with van der Waals surface area (Å²) in [7, 11) is 0. The molecule has 0 aromatic rings. The van der Waals surface area contributed by atoms with Crippen LogP contribution in [-0.2, 0) is 0 Å². The normalized spacial score (nSPS) is 25.8. The smallest absolute Gasteiger partial charge is 0.168 e. The van der Waals surface area contributed by atoms with E-state index in [0.29, 0.717) is 0 Å². The fraction of sp³-hybridized carbons (Fsp3) is 0.250. The zero-order valence-electron chi connectivity index (χ0n) is 5.33. The zero-order valence-corrected chi connectivity index (χ0v) is 5.33. The number of hydrazine groups is 1. The number of hydrogen-bond donors (Lipinski definition) is 5. The fourth-order valence-corrected chi connectivity index (χ4v) is 0.612. The quantitative estimate of drug-likeness (QED) is 0.246. The van der Waals surface area contributed by atoms with Gasteiger partial charge in [0.2, 0.25) is 0 Å². The highest BCUT2D eigenvalue weighted by Gasteiger charge is 2.18. The third-order valence-corrected chi connectivity index (χ3v) is 1.24. The Balaban J connectivity index is 2.81. The number of amidine groups is 1. The standard InChI is InChI=1S/C4H10N6/c5-2-1-9-4(7)10(8)3(2)6/h1,4,6,9H,5,7-8H2. The van der Waals surface area contributed by atoms with Crippen LogP contribution in [0.2, 0.25) is 0 Å². The minimum Gasteiger partial charge on any atom is -0.395 e. The number of nitrogens with one attached hydrogen (secondary N) is 2. The molecule has 1 aliphatic rings. The second kappa shape index (κ2) is 2.16. The van der Waals surface area contributed by atoms with E-state index in [0.717, 1.165) is 5.01 Å². The Kier molecular flexibility index (Phi) is 1.48. The minimum absolute atomic E-state index is 0.0336. The van der Waals surface area contributed by atoms with Gasteiger partial charge >= 0.3 is 0 Å². The molecule has 0 saturated carbocycles. The van der Waals surface area contributed by atoms with Crippen molar-refractivity contribution in [2.24, 2.45) is 17.3 Å². The third-order valence-electron chi connectivity index (χ3n) is 1.24. The molecule has 1 aliphatic heterocycles. The summed E-state index contributed by atoms with van der Waals surface area (Å²) in [6.07, 6.45) is 0.899. The van der Waals surface area contributed by atoms with Gasteiger partial charge in [0.15, 0.2) is 12.1 Å². The molecule has 1 heterocycles. The van der Waals surface area contributed by atoms with Crippen molar-refractivity contribution in [3.05, 3.63) is 11.9 Å². The van der Waals surface area contributed by atoms with Crippen LogP contribution in [0.4, 0.5) is 0 Å². The Morgan fingerprint density at radius 2 is 2.30 bits per heavy atom. The third kappa shape index (κ3) is 0.893. The minimum atomic E-state index is -0.556. The van der Waals surface area contributed by atoms with Gasteiger partial charge in [0.1, 0.15) is 0 Å². The first-order valence-electron chi connectivity index (χ1n) is 2.73. The summed E-state index contributed by atoms with van der Waals surface area (Å²) in [6, 6.07) is 0. The van der Waals surface area contributed by atoms with Crippen LogP contribution >= 0.6 is 0 Å². The highest BCUT2D eigenvalue weighted by molar-refractivity contribution is 5.95. The summed E-state index contributed by atoms with van der Waals surface area (Å²) in [5, 5.41) is 10.9. The number of hydrogen-bond acceptors (Lipinski definition) is 5. The maximum absolute atomic E-state index is 7.22. The fourth-order valence-electron chi connectivity index (χ4n) is 0.612. The molecule has 0 aromatic heterocycles. The van der Waals surface area contributed by atoms with Crippen molar-refractivity contribution in [1.82, 2.24) is 10.3 Å². The molecule has 1 atom stereocenters. The van der Waals surface area contributed by atoms with Gasteiger partial charge in [0.25, 0.3) is 0 Å². The Bertz CT molecular complexity index is 184. The van der Waals surface area contributed by atoms with Gasteiger partial charge < -0.3 is 11.1 Å². The molecular formula is C4H10N6. The second-order valence-electron chi connectivity index (χ2n) is 1.97. The lowest BCUT2D eigenvalue weighted by atomic mass is 10.4. The summed E-state index contributed by atoms with van der Waals surface area (Å²) < 4.78 is 0. The van der Waals surface area contributed by atoms with Crippen LogP contribution < -0.4 is 22.6 Å². The van der Waals surface area contributed by atoms with E-state index < -0.39 is 6.29 Å². The van der Waals surface area contributed by atoms with Gasteiger partial charge in [-0.2, -0.15) is 0 Å². The van der Waals surface area contributed by atoms with Crippen LogP contribution in [-0.4, -0.2) is 17.1 Å². The van der Waals surface area contributed by atoms with Gasteiger partial charge in [-0.1, -0.05) is 0 Å². The molecule has 0 spiro atoms. The van der Waals surface area contributed by atoms with E-state index in [9.17, 15) is 0 Å². The van der Waals surface area contributed by atoms with Gasteiger partial charge in [0, 0.05) is 6.20 Å². The van der Waals surface area contributed by atoms with Gasteiger partial charge in [0.05, 0.1) is 5.70 Å². The highest BCUT2D eigenvalue weighted by atomic mass is 15.5. The van der Waals surface area contributed by atoms with E-state index in [4.69, 9.17) is 22.7 Å². The van der Waals surface area contributed by atoms with Gasteiger partial charge in [-0.05, 0) is 0 Å². The lowest BCUT2D eigenvalue weighted by Crippen LogP contribution is -2.60. The zero-order chi connectivity index (χ0) is 7.72. The first kappa shape index (κ1) is 6.84. The summed E-state index contributed by atoms with van der Waals surface area (Å²) in [5.74, 6) is 5.35. The predicted octanol–water partition coefficient (Wildman–Crippen LogP) is -2.22. The van der Waals surface area contributed by atoms with Crippen LogP contribution in [0.3, 0.4) is 0 Å². The maximum Gasteiger partial charge on any atom is 0.168 e. The molecule has 6 nitrogen and oxygen atoms in total. The largest absolute Gasteiger partial charge is 0.395 e. The van der Waals surface area contributed by atoms with Crippen LogP contribution in [0.5, 0.6) is 0 Å². The monoisotopic (exact) mass is 142 g/mol. The molecule has 6 heteroatoms. The summed E-state index contributed by atoms with van der Waals surface area (Å²) in [6.45, 7) is 0. The lowest BCUT2D eigenvalue weighted by Gasteiger charge is -2.30. The molecule has 1 rings (SSSR count). The first-order valence-corrected chi connectivity index (χ1v) is 2.73. The van der Waals surface area contributed by atoms with Crippen molar-refractivity contribution in [3.8, 4) is 0 Å². The van der Waals surface area contributed by atoms with Gasteiger partial charge in [-0.25, -0.2) is 5.84 Å². The molecule has 0 bridgehead atoms. The van der Waals surface area contributed by atoms with Crippen molar-refractivity contribution in [2.45, 2.75) is 6.29 Å². The van der Waals surface area contributed by atoms with E-state index in [1.807, 2.05) is 0 Å². The molecule has 0 aliphatic carbocycles. The number of rotatable bonds is 0. The summed E-state index contributed by atoms with van der Waals surface area (Å²) in [5.41, 5.74) is 11.0. The Labute approximate surface area is 58.1 Å². The van der Waals surface area contributed by atoms with Crippen LogP contribution in [0, 0.1) is 5.41 Å². The molecular weight excluding hydrogens is 132 g/mol. The topological polar surface area (TPSA) is 117 Å². The SMILES string of the molecule is N=C1C(N)=CNC(N)N1N. The van der Waals surface area contributed by atoms with Crippen LogP contribution in [0.25, 0.3) is 0 Å². The highest BCUT2D eigenvalue weighted by Crippen LogP contribution is 1.97. The Morgan fingerprint density at radius 1 is 1.70 bits per heavy atom. The molecule has 1 unspecified atom stereocenters. The Hall–Kier alpha value is -1.27. The van der Waals surface area contributed by atoms with E-state index >= 15 is 0 Å². The molecule has 0 amide bonds. The summed E-state index contributed by atoms with van der Waals surface area (Å²) in [4.78, 5) is 0. The average Bonchev–Trinajstić information content (AvgIpc) is 1.93. The Morgan fingerprint density at radius 3 is 2.80 bits per heavy atom. The number of nitrogens with zero attached hydrogens (tertiary/aromatic N) is 1. The molecule has 0 aromatic carbocycles. The van der Waals surface area contributed by atoms with Crippen LogP contribution in [0.1, 0.15) is 0 Å². The summed E-state index contributed by atoms with van der Waals surface area (Å²) >= 11 is 0. The van der Waals surface area contributed by atoms with Crippen LogP contribution in [0.15, 0.2) is 11.9 Å². The van der Waals surface area contributed by atoms with E-state index in [1.165, 1.54) is 6.20 Å². The van der Waals surface area contributed by atoms with Crippen molar-refractivity contribution in [2.75, 3.05) is 0 Å². The molecule has 56 valence electrons. The van der Waals surface area contributed by atoms with Crippen molar-refractivity contribution >= 4 is 5.84 Å². The van der Waals surface area contributed by atoms with Crippen molar-refractivity contribution in [1.29, 1.82) is 5.41 Å². The van der Waals surface area contributed by atoms with Crippen molar-refractivity contribution < 1.29 is 0 Å². The molecule has 0 radical (unpaired) electrons. The molecule has 10 heavy (non-hydrogen) atoms. The van der Waals surface area contributed by atoms with E-state index in [2.05, 4.69) is 5.32 Å². The predicted molar refractivity (Wildman–Crippen MR) is 37.1 cm³/mol. The number of nitrogens with two attached hydrogens (primary N) is 3. The average molecular weight is 142 g/mol. The molecule has 0 fully saturated rings.